The quantitative estimate of drug-likeness (QED) is 0.931. The Morgan fingerprint density at radius 2 is 1.90 bits per heavy atom. The molecule has 112 valence electrons. The number of hydrogen-bond acceptors (Lipinski definition) is 5. The lowest BCUT2D eigenvalue weighted by Gasteiger charge is -2.40. The topological polar surface area (TPSA) is 45.4 Å². The van der Waals surface area contributed by atoms with Gasteiger partial charge in [-0.05, 0) is 45.7 Å². The van der Waals surface area contributed by atoms with Gasteiger partial charge in [0.05, 0.1) is 5.69 Å². The molecule has 3 heterocycles. The van der Waals surface area contributed by atoms with E-state index in [-0.39, 0.29) is 6.04 Å². The number of nitrogens with two attached hydrogens (primary N) is 1. The summed E-state index contributed by atoms with van der Waals surface area (Å²) in [6.07, 6.45) is 6.78. The van der Waals surface area contributed by atoms with Crippen LogP contribution in [0, 0.1) is 0 Å². The highest BCUT2D eigenvalue weighted by atomic mass is 32.1. The van der Waals surface area contributed by atoms with E-state index < -0.39 is 0 Å². The first-order chi connectivity index (χ1) is 9.74. The summed E-state index contributed by atoms with van der Waals surface area (Å²) in [6.45, 7) is 6.93. The van der Waals surface area contributed by atoms with Crippen LogP contribution in [-0.2, 0) is 0 Å². The molecule has 0 saturated carbocycles. The Kier molecular flexibility index (Phi) is 4.58. The zero-order chi connectivity index (χ0) is 13.9. The van der Waals surface area contributed by atoms with E-state index in [0.29, 0.717) is 0 Å². The molecule has 4 nitrogen and oxygen atoms in total. The van der Waals surface area contributed by atoms with Crippen molar-refractivity contribution in [1.82, 2.24) is 9.88 Å². The first-order valence-corrected chi connectivity index (χ1v) is 8.82. The normalized spacial score (nSPS) is 24.0. The Bertz CT molecular complexity index is 417. The minimum Gasteiger partial charge on any atom is -0.348 e. The predicted octanol–water partition coefficient (Wildman–Crippen LogP) is 2.62. The Labute approximate surface area is 126 Å². The Morgan fingerprint density at radius 3 is 2.50 bits per heavy atom. The van der Waals surface area contributed by atoms with Crippen molar-refractivity contribution in [3.8, 4) is 0 Å². The molecule has 2 N–H and O–H groups in total. The average molecular weight is 294 g/mol. The summed E-state index contributed by atoms with van der Waals surface area (Å²) < 4.78 is 0. The van der Waals surface area contributed by atoms with Crippen LogP contribution in [-0.4, -0.2) is 42.1 Å². The number of hydrogen-bond donors (Lipinski definition) is 1. The van der Waals surface area contributed by atoms with E-state index >= 15 is 0 Å². The van der Waals surface area contributed by atoms with Crippen LogP contribution in [0.25, 0.3) is 0 Å². The molecule has 3 rings (SSSR count). The smallest absolute Gasteiger partial charge is 0.185 e. The van der Waals surface area contributed by atoms with Crippen LogP contribution in [0.5, 0.6) is 0 Å². The maximum absolute atomic E-state index is 5.90. The lowest BCUT2D eigenvalue weighted by Crippen LogP contribution is -2.46. The van der Waals surface area contributed by atoms with Crippen molar-refractivity contribution in [3.63, 3.8) is 0 Å². The summed E-state index contributed by atoms with van der Waals surface area (Å²) in [4.78, 5) is 9.84. The van der Waals surface area contributed by atoms with E-state index in [9.17, 15) is 0 Å². The third-order valence-electron chi connectivity index (χ3n) is 4.62. The lowest BCUT2D eigenvalue weighted by atomic mass is 10.0. The first-order valence-electron chi connectivity index (χ1n) is 7.94. The van der Waals surface area contributed by atoms with Crippen LogP contribution in [0.1, 0.15) is 50.8 Å². The molecular formula is C15H26N4S. The van der Waals surface area contributed by atoms with Gasteiger partial charge in [-0.2, -0.15) is 0 Å². The van der Waals surface area contributed by atoms with Gasteiger partial charge in [0, 0.05) is 30.6 Å². The van der Waals surface area contributed by atoms with Crippen LogP contribution in [0.4, 0.5) is 5.13 Å². The second-order valence-electron chi connectivity index (χ2n) is 6.16. The number of anilines is 1. The molecule has 2 fully saturated rings. The first kappa shape index (κ1) is 14.3. The van der Waals surface area contributed by atoms with Gasteiger partial charge in [-0.1, -0.05) is 6.42 Å². The van der Waals surface area contributed by atoms with Crippen LogP contribution in [0.15, 0.2) is 5.38 Å². The summed E-state index contributed by atoms with van der Waals surface area (Å²) in [5, 5.41) is 3.27. The number of nitrogens with zero attached hydrogens (tertiary/aromatic N) is 3. The van der Waals surface area contributed by atoms with Gasteiger partial charge in [0.25, 0.3) is 0 Å². The molecule has 5 heteroatoms. The second kappa shape index (κ2) is 6.41. The largest absolute Gasteiger partial charge is 0.348 e. The number of piperidine rings is 2. The molecule has 0 aliphatic carbocycles. The van der Waals surface area contributed by atoms with Crippen molar-refractivity contribution in [2.24, 2.45) is 5.73 Å². The molecule has 0 aromatic carbocycles. The van der Waals surface area contributed by atoms with Gasteiger partial charge >= 0.3 is 0 Å². The van der Waals surface area contributed by atoms with Gasteiger partial charge in [0.2, 0.25) is 0 Å². The van der Waals surface area contributed by atoms with E-state index in [4.69, 9.17) is 5.73 Å². The number of rotatable bonds is 3. The minimum absolute atomic E-state index is 0.0471. The summed E-state index contributed by atoms with van der Waals surface area (Å²) in [6, 6.07) is 0.852. The molecule has 0 bridgehead atoms. The molecule has 2 aliphatic heterocycles. The van der Waals surface area contributed by atoms with Crippen molar-refractivity contribution in [1.29, 1.82) is 0 Å². The van der Waals surface area contributed by atoms with E-state index in [2.05, 4.69) is 20.2 Å². The van der Waals surface area contributed by atoms with Crippen molar-refractivity contribution >= 4 is 16.5 Å². The summed E-state index contributed by atoms with van der Waals surface area (Å²) >= 11 is 1.74. The van der Waals surface area contributed by atoms with Crippen LogP contribution in [0.3, 0.4) is 0 Å². The van der Waals surface area contributed by atoms with Gasteiger partial charge in [0.1, 0.15) is 0 Å². The highest BCUT2D eigenvalue weighted by Crippen LogP contribution is 2.28. The maximum Gasteiger partial charge on any atom is 0.185 e. The van der Waals surface area contributed by atoms with E-state index in [1.165, 1.54) is 45.2 Å². The van der Waals surface area contributed by atoms with E-state index in [1.54, 1.807) is 11.3 Å². The van der Waals surface area contributed by atoms with Crippen LogP contribution < -0.4 is 10.6 Å². The maximum atomic E-state index is 5.90. The average Bonchev–Trinajstić information content (AvgIpc) is 2.98. The molecule has 1 aromatic heterocycles. The van der Waals surface area contributed by atoms with Crippen LogP contribution >= 0.6 is 11.3 Å². The Morgan fingerprint density at radius 1 is 1.20 bits per heavy atom. The van der Waals surface area contributed by atoms with Gasteiger partial charge < -0.3 is 15.5 Å². The zero-order valence-corrected chi connectivity index (χ0v) is 13.2. The summed E-state index contributed by atoms with van der Waals surface area (Å²) in [5.74, 6) is 0. The van der Waals surface area contributed by atoms with Crippen molar-refractivity contribution < 1.29 is 0 Å². The van der Waals surface area contributed by atoms with E-state index in [0.717, 1.165) is 30.0 Å². The SMILES string of the molecule is CC(N)c1csc(N2CCC(N3CCCCC3)CC2)n1. The van der Waals surface area contributed by atoms with Crippen LogP contribution in [0.2, 0.25) is 0 Å². The van der Waals surface area contributed by atoms with Crippen molar-refractivity contribution in [2.45, 2.75) is 51.1 Å². The van der Waals surface area contributed by atoms with Gasteiger partial charge in [0.15, 0.2) is 5.13 Å². The van der Waals surface area contributed by atoms with Crippen molar-refractivity contribution in [2.75, 3.05) is 31.1 Å². The Balaban J connectivity index is 1.54. The highest BCUT2D eigenvalue weighted by Gasteiger charge is 2.26. The van der Waals surface area contributed by atoms with Gasteiger partial charge in [-0.25, -0.2) is 4.98 Å². The number of likely N-dealkylation sites (tertiary alicyclic amines) is 1. The summed E-state index contributed by atoms with van der Waals surface area (Å²) in [5.41, 5.74) is 6.93. The fourth-order valence-corrected chi connectivity index (χ4v) is 4.32. The van der Waals surface area contributed by atoms with Crippen molar-refractivity contribution in [3.05, 3.63) is 11.1 Å². The fourth-order valence-electron chi connectivity index (χ4n) is 3.34. The highest BCUT2D eigenvalue weighted by molar-refractivity contribution is 7.13. The molecule has 2 aliphatic rings. The molecule has 0 spiro atoms. The monoisotopic (exact) mass is 294 g/mol. The molecule has 0 amide bonds. The molecule has 1 unspecified atom stereocenters. The van der Waals surface area contributed by atoms with E-state index in [1.807, 2.05) is 6.92 Å². The molecule has 0 radical (unpaired) electrons. The fraction of sp³-hybridized carbons (Fsp3) is 0.800. The molecule has 2 saturated heterocycles. The summed E-state index contributed by atoms with van der Waals surface area (Å²) in [7, 11) is 0. The number of thiazole rings is 1. The molecular weight excluding hydrogens is 268 g/mol. The Hall–Kier alpha value is -0.650. The predicted molar refractivity (Wildman–Crippen MR) is 85.4 cm³/mol. The molecule has 20 heavy (non-hydrogen) atoms. The third kappa shape index (κ3) is 3.15. The number of aromatic nitrogens is 1. The third-order valence-corrected chi connectivity index (χ3v) is 5.54. The standard InChI is InChI=1S/C15H26N4S/c1-12(16)14-11-20-15(17-14)19-9-5-13(6-10-19)18-7-3-2-4-8-18/h11-13H,2-10,16H2,1H3. The van der Waals surface area contributed by atoms with Gasteiger partial charge in [-0.15, -0.1) is 11.3 Å². The molecule has 1 aromatic rings. The lowest BCUT2D eigenvalue weighted by molar-refractivity contribution is 0.141. The minimum atomic E-state index is 0.0471. The molecule has 1 atom stereocenters. The van der Waals surface area contributed by atoms with Gasteiger partial charge in [-0.3, -0.25) is 0 Å². The zero-order valence-electron chi connectivity index (χ0n) is 12.4. The second-order valence-corrected chi connectivity index (χ2v) is 7.00.